The number of rotatable bonds is 4. The quantitative estimate of drug-likeness (QED) is 0.594. The van der Waals surface area contributed by atoms with Gasteiger partial charge in [0.1, 0.15) is 5.00 Å². The predicted molar refractivity (Wildman–Crippen MR) is 106 cm³/mol. The van der Waals surface area contributed by atoms with Crippen molar-refractivity contribution in [1.82, 2.24) is 0 Å². The van der Waals surface area contributed by atoms with E-state index < -0.39 is 0 Å². The van der Waals surface area contributed by atoms with Crippen molar-refractivity contribution in [2.75, 3.05) is 17.2 Å². The molecule has 128 valence electrons. The molecule has 0 saturated carbocycles. The van der Waals surface area contributed by atoms with Gasteiger partial charge in [0.25, 0.3) is 0 Å². The van der Waals surface area contributed by atoms with Crippen LogP contribution in [0.3, 0.4) is 0 Å². The number of anilines is 2. The van der Waals surface area contributed by atoms with Gasteiger partial charge < -0.3 is 15.4 Å². The number of aryl methyl sites for hydroxylation is 3. The highest BCUT2D eigenvalue weighted by Gasteiger charge is 2.21. The van der Waals surface area contributed by atoms with Gasteiger partial charge in [0, 0.05) is 10.6 Å². The third-order valence-electron chi connectivity index (χ3n) is 3.72. The third-order valence-corrected chi connectivity index (χ3v) is 5.05. The molecule has 0 unspecified atom stereocenters. The fraction of sp³-hybridized carbons (Fsp3) is 0.333. The van der Waals surface area contributed by atoms with Crippen LogP contribution in [0, 0.1) is 27.7 Å². The first-order valence-corrected chi connectivity index (χ1v) is 8.98. The van der Waals surface area contributed by atoms with Crippen LogP contribution in [0.5, 0.6) is 0 Å². The minimum atomic E-state index is -0.323. The lowest BCUT2D eigenvalue weighted by molar-refractivity contribution is 0.0527. The van der Waals surface area contributed by atoms with Crippen LogP contribution in [-0.4, -0.2) is 17.7 Å². The molecule has 0 atom stereocenters. The molecule has 0 aliphatic carbocycles. The molecule has 0 aliphatic rings. The van der Waals surface area contributed by atoms with Gasteiger partial charge in [0.2, 0.25) is 0 Å². The zero-order valence-corrected chi connectivity index (χ0v) is 16.2. The summed E-state index contributed by atoms with van der Waals surface area (Å²) in [6, 6.07) is 6.12. The van der Waals surface area contributed by atoms with Crippen molar-refractivity contribution in [3.63, 3.8) is 0 Å². The maximum atomic E-state index is 12.2. The van der Waals surface area contributed by atoms with Gasteiger partial charge in [-0.3, -0.25) is 0 Å². The van der Waals surface area contributed by atoms with Crippen molar-refractivity contribution in [3.05, 3.63) is 45.3 Å². The Hall–Kier alpha value is -1.92. The molecular formula is C18H22N2O2S2. The van der Waals surface area contributed by atoms with E-state index in [-0.39, 0.29) is 5.97 Å². The van der Waals surface area contributed by atoms with Crippen molar-refractivity contribution >= 4 is 45.3 Å². The van der Waals surface area contributed by atoms with Crippen LogP contribution in [0.2, 0.25) is 0 Å². The van der Waals surface area contributed by atoms with Crippen LogP contribution in [0.1, 0.15) is 38.8 Å². The minimum absolute atomic E-state index is 0.323. The molecule has 24 heavy (non-hydrogen) atoms. The van der Waals surface area contributed by atoms with Crippen LogP contribution in [0.4, 0.5) is 10.7 Å². The van der Waals surface area contributed by atoms with Gasteiger partial charge in [-0.05, 0) is 64.0 Å². The molecule has 2 rings (SSSR count). The second kappa shape index (κ2) is 7.77. The summed E-state index contributed by atoms with van der Waals surface area (Å²) in [5.41, 5.74) is 4.74. The van der Waals surface area contributed by atoms with E-state index in [0.717, 1.165) is 21.7 Å². The Morgan fingerprint density at radius 1 is 1.21 bits per heavy atom. The van der Waals surface area contributed by atoms with Gasteiger partial charge in [0.15, 0.2) is 5.11 Å². The molecule has 6 heteroatoms. The van der Waals surface area contributed by atoms with E-state index in [9.17, 15) is 4.79 Å². The number of carbonyl (C=O) groups excluding carboxylic acids is 1. The topological polar surface area (TPSA) is 50.4 Å². The summed E-state index contributed by atoms with van der Waals surface area (Å²) in [5.74, 6) is -0.323. The molecule has 1 heterocycles. The maximum Gasteiger partial charge on any atom is 0.341 e. The largest absolute Gasteiger partial charge is 0.462 e. The number of carbonyl (C=O) groups is 1. The molecule has 0 amide bonds. The monoisotopic (exact) mass is 362 g/mol. The lowest BCUT2D eigenvalue weighted by atomic mass is 10.1. The number of hydrogen-bond donors (Lipinski definition) is 2. The molecule has 1 aromatic heterocycles. The third kappa shape index (κ3) is 4.13. The van der Waals surface area contributed by atoms with Crippen LogP contribution in [0.15, 0.2) is 18.2 Å². The number of ether oxygens (including phenoxy) is 1. The first kappa shape index (κ1) is 18.4. The molecule has 4 nitrogen and oxygen atoms in total. The molecule has 2 N–H and O–H groups in total. The minimum Gasteiger partial charge on any atom is -0.462 e. The van der Waals surface area contributed by atoms with Gasteiger partial charge >= 0.3 is 5.97 Å². The first-order valence-electron chi connectivity index (χ1n) is 7.75. The number of esters is 1. The molecule has 0 saturated heterocycles. The average Bonchev–Trinajstić information content (AvgIpc) is 2.77. The van der Waals surface area contributed by atoms with E-state index >= 15 is 0 Å². The lowest BCUT2D eigenvalue weighted by Crippen LogP contribution is -2.20. The van der Waals surface area contributed by atoms with Gasteiger partial charge in [-0.1, -0.05) is 17.7 Å². The Morgan fingerprint density at radius 3 is 2.54 bits per heavy atom. The Bertz CT molecular complexity index is 782. The Kier molecular flexibility index (Phi) is 5.96. The van der Waals surface area contributed by atoms with Crippen LogP contribution in [-0.2, 0) is 4.74 Å². The summed E-state index contributed by atoms with van der Waals surface area (Å²) >= 11 is 6.91. The first-order chi connectivity index (χ1) is 11.3. The van der Waals surface area contributed by atoms with Gasteiger partial charge in [-0.25, -0.2) is 4.79 Å². The molecule has 1 aromatic carbocycles. The van der Waals surface area contributed by atoms with Crippen molar-refractivity contribution in [2.45, 2.75) is 34.6 Å². The zero-order chi connectivity index (χ0) is 17.9. The smallest absolute Gasteiger partial charge is 0.341 e. The average molecular weight is 363 g/mol. The molecule has 2 aromatic rings. The fourth-order valence-corrected chi connectivity index (χ4v) is 3.70. The van der Waals surface area contributed by atoms with Gasteiger partial charge in [-0.15, -0.1) is 11.3 Å². The Balaban J connectivity index is 2.20. The SMILES string of the molecule is CCOC(=O)c1c(NC(=S)Nc2ccc(C)cc2C)sc(C)c1C. The molecule has 0 bridgehead atoms. The van der Waals surface area contributed by atoms with Gasteiger partial charge in [0.05, 0.1) is 12.2 Å². The highest BCUT2D eigenvalue weighted by Crippen LogP contribution is 2.33. The number of hydrogen-bond acceptors (Lipinski definition) is 4. The summed E-state index contributed by atoms with van der Waals surface area (Å²) < 4.78 is 5.16. The summed E-state index contributed by atoms with van der Waals surface area (Å²) in [6.45, 7) is 10.1. The van der Waals surface area contributed by atoms with E-state index in [1.54, 1.807) is 6.92 Å². The Morgan fingerprint density at radius 2 is 1.92 bits per heavy atom. The summed E-state index contributed by atoms with van der Waals surface area (Å²) in [7, 11) is 0. The number of benzene rings is 1. The second-order valence-corrected chi connectivity index (χ2v) is 7.24. The van der Waals surface area contributed by atoms with E-state index in [0.29, 0.717) is 22.3 Å². The van der Waals surface area contributed by atoms with Crippen LogP contribution >= 0.6 is 23.6 Å². The molecule has 0 spiro atoms. The van der Waals surface area contributed by atoms with Crippen molar-refractivity contribution < 1.29 is 9.53 Å². The number of thiophene rings is 1. The molecule has 0 fully saturated rings. The standard InChI is InChI=1S/C18H22N2O2S2/c1-6-22-17(21)15-12(4)13(5)24-16(15)20-18(23)19-14-8-7-10(2)9-11(14)3/h7-9H,6H2,1-5H3,(H2,19,20,23). The predicted octanol–water partition coefficient (Wildman–Crippen LogP) is 4.97. The molecular weight excluding hydrogens is 340 g/mol. The number of thiocarbonyl (C=S) groups is 1. The van der Waals surface area contributed by atoms with Gasteiger partial charge in [-0.2, -0.15) is 0 Å². The van der Waals surface area contributed by atoms with Crippen molar-refractivity contribution in [1.29, 1.82) is 0 Å². The summed E-state index contributed by atoms with van der Waals surface area (Å²) in [4.78, 5) is 13.3. The molecule has 0 aliphatic heterocycles. The number of nitrogens with one attached hydrogen (secondary N) is 2. The van der Waals surface area contributed by atoms with Crippen LogP contribution in [0.25, 0.3) is 0 Å². The van der Waals surface area contributed by atoms with Crippen LogP contribution < -0.4 is 10.6 Å². The lowest BCUT2D eigenvalue weighted by Gasteiger charge is -2.13. The second-order valence-electron chi connectivity index (χ2n) is 5.61. The van der Waals surface area contributed by atoms with Crippen molar-refractivity contribution in [3.8, 4) is 0 Å². The highest BCUT2D eigenvalue weighted by atomic mass is 32.1. The zero-order valence-electron chi connectivity index (χ0n) is 14.6. The maximum absolute atomic E-state index is 12.2. The molecule has 0 radical (unpaired) electrons. The summed E-state index contributed by atoms with van der Waals surface area (Å²) in [6.07, 6.45) is 0. The van der Waals surface area contributed by atoms with E-state index in [2.05, 4.69) is 23.6 Å². The van der Waals surface area contributed by atoms with E-state index in [4.69, 9.17) is 17.0 Å². The van der Waals surface area contributed by atoms with E-state index in [1.165, 1.54) is 16.9 Å². The summed E-state index contributed by atoms with van der Waals surface area (Å²) in [5, 5.41) is 7.49. The Labute approximate surface area is 152 Å². The van der Waals surface area contributed by atoms with Crippen molar-refractivity contribution in [2.24, 2.45) is 0 Å². The van der Waals surface area contributed by atoms with E-state index in [1.807, 2.05) is 32.9 Å². The fourth-order valence-electron chi connectivity index (χ4n) is 2.37. The normalized spacial score (nSPS) is 10.4. The highest BCUT2D eigenvalue weighted by molar-refractivity contribution is 7.80.